The van der Waals surface area contributed by atoms with Crippen molar-refractivity contribution >= 4 is 12.4 Å². The molecule has 3 rings (SSSR count). The van der Waals surface area contributed by atoms with Gasteiger partial charge >= 0.3 is 12.4 Å². The standard InChI is InChI=1S/C17H18F6N4.ClH/c1-26-4-3-25-15(26)14-9-24-2-5-27(14)10-11-6-12(16(18,19)20)8-13(7-11)17(21,22)23;/h3-4,6-8,14,24H,2,5,9-10H2,1H3;1H. The summed E-state index contributed by atoms with van der Waals surface area (Å²) in [6.07, 6.45) is -6.35. The van der Waals surface area contributed by atoms with E-state index in [-0.39, 0.29) is 36.6 Å². The number of imidazole rings is 1. The molecule has 0 spiro atoms. The average Bonchev–Trinajstić information content (AvgIpc) is 2.99. The van der Waals surface area contributed by atoms with Crippen molar-refractivity contribution in [3.63, 3.8) is 0 Å². The Hall–Kier alpha value is -1.78. The minimum absolute atomic E-state index is 0. The Morgan fingerprint density at radius 2 is 1.68 bits per heavy atom. The van der Waals surface area contributed by atoms with Crippen LogP contribution in [0.25, 0.3) is 0 Å². The Morgan fingerprint density at radius 3 is 2.18 bits per heavy atom. The molecular formula is C17H19ClF6N4. The zero-order chi connectivity index (χ0) is 19.8. The van der Waals surface area contributed by atoms with E-state index in [9.17, 15) is 26.3 Å². The first kappa shape index (κ1) is 22.5. The monoisotopic (exact) mass is 428 g/mol. The van der Waals surface area contributed by atoms with Crippen LogP contribution in [-0.4, -0.2) is 34.1 Å². The molecule has 4 nitrogen and oxygen atoms in total. The van der Waals surface area contributed by atoms with Crippen molar-refractivity contribution in [1.29, 1.82) is 0 Å². The number of aromatic nitrogens is 2. The molecule has 1 aromatic heterocycles. The smallest absolute Gasteiger partial charge is 0.337 e. The maximum Gasteiger partial charge on any atom is 0.416 e. The average molecular weight is 429 g/mol. The molecule has 1 aromatic carbocycles. The molecule has 156 valence electrons. The van der Waals surface area contributed by atoms with E-state index in [1.54, 1.807) is 24.0 Å². The van der Waals surface area contributed by atoms with E-state index >= 15 is 0 Å². The number of aryl methyl sites for hydroxylation is 1. The van der Waals surface area contributed by atoms with Crippen LogP contribution in [0.5, 0.6) is 0 Å². The lowest BCUT2D eigenvalue weighted by atomic mass is 10.0. The molecule has 11 heteroatoms. The van der Waals surface area contributed by atoms with Gasteiger partial charge < -0.3 is 9.88 Å². The number of piperazine rings is 1. The van der Waals surface area contributed by atoms with Crippen molar-refractivity contribution in [2.75, 3.05) is 19.6 Å². The van der Waals surface area contributed by atoms with Crippen molar-refractivity contribution in [2.24, 2.45) is 7.05 Å². The lowest BCUT2D eigenvalue weighted by molar-refractivity contribution is -0.143. The predicted molar refractivity (Wildman–Crippen MR) is 92.9 cm³/mol. The molecule has 2 aromatic rings. The first-order chi connectivity index (χ1) is 12.6. The summed E-state index contributed by atoms with van der Waals surface area (Å²) in [7, 11) is 1.79. The van der Waals surface area contributed by atoms with Crippen LogP contribution < -0.4 is 5.32 Å². The second-order valence-corrected chi connectivity index (χ2v) is 6.50. The van der Waals surface area contributed by atoms with Crippen LogP contribution in [-0.2, 0) is 25.9 Å². The highest BCUT2D eigenvalue weighted by Gasteiger charge is 2.37. The van der Waals surface area contributed by atoms with E-state index in [4.69, 9.17) is 0 Å². The zero-order valence-electron chi connectivity index (χ0n) is 14.8. The fraction of sp³-hybridized carbons (Fsp3) is 0.471. The van der Waals surface area contributed by atoms with Crippen molar-refractivity contribution in [3.8, 4) is 0 Å². The van der Waals surface area contributed by atoms with E-state index in [1.807, 2.05) is 4.90 Å². The van der Waals surface area contributed by atoms with Crippen LogP contribution in [0.3, 0.4) is 0 Å². The normalized spacial score (nSPS) is 18.8. The van der Waals surface area contributed by atoms with Gasteiger partial charge in [0.05, 0.1) is 17.2 Å². The number of rotatable bonds is 3. The molecule has 1 atom stereocenters. The minimum Gasteiger partial charge on any atom is -0.337 e. The molecule has 1 aliphatic rings. The topological polar surface area (TPSA) is 33.1 Å². The molecular weight excluding hydrogens is 410 g/mol. The van der Waals surface area contributed by atoms with Gasteiger partial charge in [-0.1, -0.05) is 0 Å². The summed E-state index contributed by atoms with van der Waals surface area (Å²) in [5.74, 6) is 0.699. The van der Waals surface area contributed by atoms with Crippen LogP contribution in [0.1, 0.15) is 28.6 Å². The molecule has 0 aliphatic carbocycles. The minimum atomic E-state index is -4.85. The Kier molecular flexibility index (Phi) is 6.67. The Labute approximate surface area is 163 Å². The van der Waals surface area contributed by atoms with Crippen LogP contribution in [0.15, 0.2) is 30.6 Å². The molecule has 1 N–H and O–H groups in total. The lowest BCUT2D eigenvalue weighted by Crippen LogP contribution is -2.46. The second-order valence-electron chi connectivity index (χ2n) is 6.50. The molecule has 1 saturated heterocycles. The highest BCUT2D eigenvalue weighted by molar-refractivity contribution is 5.85. The third-order valence-corrected chi connectivity index (χ3v) is 4.54. The highest BCUT2D eigenvalue weighted by Crippen LogP contribution is 2.37. The number of nitrogens with zero attached hydrogens (tertiary/aromatic N) is 3. The van der Waals surface area contributed by atoms with Crippen LogP contribution >= 0.6 is 12.4 Å². The van der Waals surface area contributed by atoms with Crippen molar-refractivity contribution < 1.29 is 26.3 Å². The summed E-state index contributed by atoms with van der Waals surface area (Å²) in [5, 5.41) is 3.18. The highest BCUT2D eigenvalue weighted by atomic mass is 35.5. The molecule has 1 unspecified atom stereocenters. The third-order valence-electron chi connectivity index (χ3n) is 4.54. The van der Waals surface area contributed by atoms with E-state index in [2.05, 4.69) is 10.3 Å². The molecule has 0 bridgehead atoms. The maximum atomic E-state index is 13.1. The van der Waals surface area contributed by atoms with Gasteiger partial charge in [0, 0.05) is 45.6 Å². The summed E-state index contributed by atoms with van der Waals surface area (Å²) < 4.78 is 80.2. The van der Waals surface area contributed by atoms with E-state index in [0.29, 0.717) is 25.5 Å². The number of benzene rings is 1. The Bertz CT molecular complexity index is 769. The number of hydrogen-bond donors (Lipinski definition) is 1. The first-order valence-electron chi connectivity index (χ1n) is 8.26. The Balaban J connectivity index is 0.00000280. The summed E-state index contributed by atoms with van der Waals surface area (Å²) >= 11 is 0. The van der Waals surface area contributed by atoms with Crippen LogP contribution in [0, 0.1) is 0 Å². The second kappa shape index (κ2) is 8.30. The van der Waals surface area contributed by atoms with E-state index in [0.717, 1.165) is 12.1 Å². The van der Waals surface area contributed by atoms with Crippen molar-refractivity contribution in [1.82, 2.24) is 19.8 Å². The SMILES string of the molecule is Cl.Cn1ccnc1C1CNCCN1Cc1cc(C(F)(F)F)cc(C(F)(F)F)c1. The predicted octanol–water partition coefficient (Wildman–Crippen LogP) is 4.03. The van der Waals surface area contributed by atoms with Gasteiger partial charge in [-0.2, -0.15) is 26.3 Å². The van der Waals surface area contributed by atoms with Gasteiger partial charge in [-0.15, -0.1) is 12.4 Å². The third kappa shape index (κ3) is 4.98. The summed E-state index contributed by atoms with van der Waals surface area (Å²) in [6, 6.07) is 1.47. The first-order valence-corrected chi connectivity index (χ1v) is 8.26. The zero-order valence-corrected chi connectivity index (χ0v) is 15.6. The molecule has 2 heterocycles. The van der Waals surface area contributed by atoms with Gasteiger partial charge in [0.25, 0.3) is 0 Å². The number of halogens is 7. The van der Waals surface area contributed by atoms with Gasteiger partial charge in [0.2, 0.25) is 0 Å². The van der Waals surface area contributed by atoms with Gasteiger partial charge in [0.15, 0.2) is 0 Å². The van der Waals surface area contributed by atoms with Crippen LogP contribution in [0.4, 0.5) is 26.3 Å². The summed E-state index contributed by atoms with van der Waals surface area (Å²) in [6.45, 7) is 1.54. The maximum absolute atomic E-state index is 13.1. The van der Waals surface area contributed by atoms with Crippen molar-refractivity contribution in [3.05, 3.63) is 53.1 Å². The Morgan fingerprint density at radius 1 is 1.07 bits per heavy atom. The molecule has 28 heavy (non-hydrogen) atoms. The number of alkyl halides is 6. The molecule has 0 saturated carbocycles. The largest absolute Gasteiger partial charge is 0.416 e. The van der Waals surface area contributed by atoms with Gasteiger partial charge in [-0.05, 0) is 23.8 Å². The van der Waals surface area contributed by atoms with E-state index < -0.39 is 23.5 Å². The van der Waals surface area contributed by atoms with Crippen molar-refractivity contribution in [2.45, 2.75) is 24.9 Å². The summed E-state index contributed by atoms with van der Waals surface area (Å²) in [5.41, 5.74) is -2.62. The van der Waals surface area contributed by atoms with Gasteiger partial charge in [-0.25, -0.2) is 4.98 Å². The fourth-order valence-corrected chi connectivity index (χ4v) is 3.23. The number of nitrogens with one attached hydrogen (secondary N) is 1. The van der Waals surface area contributed by atoms with Crippen LogP contribution in [0.2, 0.25) is 0 Å². The molecule has 1 fully saturated rings. The van der Waals surface area contributed by atoms with Gasteiger partial charge in [0.1, 0.15) is 5.82 Å². The quantitative estimate of drug-likeness (QED) is 0.749. The summed E-state index contributed by atoms with van der Waals surface area (Å²) in [4.78, 5) is 6.11. The number of hydrogen-bond acceptors (Lipinski definition) is 3. The molecule has 0 amide bonds. The fourth-order valence-electron chi connectivity index (χ4n) is 3.23. The van der Waals surface area contributed by atoms with E-state index in [1.165, 1.54) is 0 Å². The lowest BCUT2D eigenvalue weighted by Gasteiger charge is -2.36. The van der Waals surface area contributed by atoms with Gasteiger partial charge in [-0.3, -0.25) is 4.90 Å². The molecule has 0 radical (unpaired) electrons. The molecule has 1 aliphatic heterocycles.